The number of hydrogen-bond donors (Lipinski definition) is 1. The minimum atomic E-state index is -0.355. The van der Waals surface area contributed by atoms with Crippen LogP contribution in [0.1, 0.15) is 35.1 Å². The molecule has 1 N–H and O–H groups in total. The third kappa shape index (κ3) is 3.63. The lowest BCUT2D eigenvalue weighted by Gasteiger charge is -2.05. The Morgan fingerprint density at radius 3 is 2.95 bits per heavy atom. The maximum Gasteiger partial charge on any atom is 0.338 e. The number of carbonyl (C=O) groups is 1. The van der Waals surface area contributed by atoms with Crippen molar-refractivity contribution in [2.24, 2.45) is 5.10 Å². The van der Waals surface area contributed by atoms with Crippen LogP contribution in [0.4, 0.5) is 0 Å². The molecule has 0 spiro atoms. The molecule has 0 atom stereocenters. The lowest BCUT2D eigenvalue weighted by molar-refractivity contribution is 0.0505. The van der Waals surface area contributed by atoms with Gasteiger partial charge >= 0.3 is 5.97 Å². The Hall–Kier alpha value is -2.28. The predicted molar refractivity (Wildman–Crippen MR) is 82.2 cm³/mol. The number of hydrogen-bond acceptors (Lipinski definition) is 5. The maximum atomic E-state index is 12.0. The Labute approximate surface area is 127 Å². The number of H-pyrrole nitrogens is 1. The van der Waals surface area contributed by atoms with Gasteiger partial charge in [-0.05, 0) is 31.6 Å². The number of esters is 1. The van der Waals surface area contributed by atoms with Crippen LogP contribution < -0.4 is 0 Å². The number of aromatic nitrogens is 3. The average Bonchev–Trinajstić information content (AvgIpc) is 2.82. The Morgan fingerprint density at radius 1 is 1.52 bits per heavy atom. The van der Waals surface area contributed by atoms with Crippen LogP contribution in [0.15, 0.2) is 29.4 Å². The first-order valence-electron chi connectivity index (χ1n) is 6.58. The number of rotatable bonds is 5. The van der Waals surface area contributed by atoms with Crippen molar-refractivity contribution in [1.82, 2.24) is 14.9 Å². The Balaban J connectivity index is 2.28. The van der Waals surface area contributed by atoms with Crippen LogP contribution in [0.3, 0.4) is 0 Å². The second-order valence-corrected chi connectivity index (χ2v) is 4.74. The van der Waals surface area contributed by atoms with Crippen molar-refractivity contribution in [2.45, 2.75) is 20.3 Å². The summed E-state index contributed by atoms with van der Waals surface area (Å²) in [5.74, 6) is 0.286. The Morgan fingerprint density at radius 2 is 2.29 bits per heavy atom. The van der Waals surface area contributed by atoms with E-state index < -0.39 is 0 Å². The van der Waals surface area contributed by atoms with Crippen molar-refractivity contribution < 1.29 is 9.53 Å². The molecule has 0 saturated carbocycles. The second-order valence-electron chi connectivity index (χ2n) is 4.36. The van der Waals surface area contributed by atoms with E-state index in [4.69, 9.17) is 17.0 Å². The molecule has 0 fully saturated rings. The van der Waals surface area contributed by atoms with Gasteiger partial charge < -0.3 is 4.74 Å². The summed E-state index contributed by atoms with van der Waals surface area (Å²) >= 11 is 5.07. The summed E-state index contributed by atoms with van der Waals surface area (Å²) in [6, 6.07) is 7.12. The van der Waals surface area contributed by atoms with Crippen LogP contribution in [0.5, 0.6) is 0 Å². The van der Waals surface area contributed by atoms with E-state index in [0.717, 1.165) is 6.42 Å². The number of benzene rings is 1. The maximum absolute atomic E-state index is 12.0. The first-order chi connectivity index (χ1) is 10.1. The fourth-order valence-electron chi connectivity index (χ4n) is 1.69. The minimum Gasteiger partial charge on any atom is -0.462 e. The molecule has 0 radical (unpaired) electrons. The standard InChI is InChI=1S/C14H16N4O2S/c1-3-8-20-13(19)12-7-5-4-6-11(12)9-15-18-10(2)16-17-14(18)21/h4-7,9H,3,8H2,1-2H3,(H,17,21)/b15-9-. The highest BCUT2D eigenvalue weighted by molar-refractivity contribution is 7.71. The largest absolute Gasteiger partial charge is 0.462 e. The summed E-state index contributed by atoms with van der Waals surface area (Å²) in [6.07, 6.45) is 2.35. The lowest BCUT2D eigenvalue weighted by atomic mass is 10.1. The summed E-state index contributed by atoms with van der Waals surface area (Å²) in [5.41, 5.74) is 1.14. The molecular formula is C14H16N4O2S. The molecule has 110 valence electrons. The van der Waals surface area contributed by atoms with Gasteiger partial charge in [0.1, 0.15) is 5.82 Å². The Kier molecular flexibility index (Phi) is 4.99. The summed E-state index contributed by atoms with van der Waals surface area (Å²) < 4.78 is 7.04. The lowest BCUT2D eigenvalue weighted by Crippen LogP contribution is -2.09. The van der Waals surface area contributed by atoms with E-state index in [9.17, 15) is 4.79 Å². The van der Waals surface area contributed by atoms with Crippen LogP contribution in [-0.4, -0.2) is 33.7 Å². The first-order valence-corrected chi connectivity index (χ1v) is 6.99. The van der Waals surface area contributed by atoms with Gasteiger partial charge in [0.2, 0.25) is 4.77 Å². The van der Waals surface area contributed by atoms with E-state index >= 15 is 0 Å². The zero-order chi connectivity index (χ0) is 15.2. The molecule has 0 aliphatic carbocycles. The zero-order valence-electron chi connectivity index (χ0n) is 11.9. The van der Waals surface area contributed by atoms with Gasteiger partial charge in [-0.1, -0.05) is 25.1 Å². The van der Waals surface area contributed by atoms with E-state index in [0.29, 0.717) is 28.3 Å². The van der Waals surface area contributed by atoms with Gasteiger partial charge in [0.25, 0.3) is 0 Å². The smallest absolute Gasteiger partial charge is 0.338 e. The van der Waals surface area contributed by atoms with E-state index in [2.05, 4.69) is 15.3 Å². The number of ether oxygens (including phenoxy) is 1. The molecule has 0 amide bonds. The zero-order valence-corrected chi connectivity index (χ0v) is 12.7. The summed E-state index contributed by atoms with van der Waals surface area (Å²) in [5, 5.41) is 10.9. The van der Waals surface area contributed by atoms with Crippen LogP contribution in [0, 0.1) is 11.7 Å². The van der Waals surface area contributed by atoms with Gasteiger partial charge in [-0.15, -0.1) is 0 Å². The monoisotopic (exact) mass is 304 g/mol. The van der Waals surface area contributed by atoms with E-state index in [1.807, 2.05) is 13.0 Å². The van der Waals surface area contributed by atoms with Crippen molar-refractivity contribution >= 4 is 24.4 Å². The summed E-state index contributed by atoms with van der Waals surface area (Å²) in [7, 11) is 0. The van der Waals surface area contributed by atoms with Gasteiger partial charge in [-0.2, -0.15) is 14.9 Å². The molecule has 0 saturated heterocycles. The highest BCUT2D eigenvalue weighted by atomic mass is 32.1. The quantitative estimate of drug-likeness (QED) is 0.524. The molecular weight excluding hydrogens is 288 g/mol. The number of nitrogens with one attached hydrogen (secondary N) is 1. The average molecular weight is 304 g/mol. The van der Waals surface area contributed by atoms with E-state index in [1.54, 1.807) is 31.3 Å². The minimum absolute atomic E-state index is 0.355. The third-order valence-corrected chi connectivity index (χ3v) is 3.01. The molecule has 0 bridgehead atoms. The second kappa shape index (κ2) is 6.94. The number of carbonyl (C=O) groups excluding carboxylic acids is 1. The van der Waals surface area contributed by atoms with Gasteiger partial charge in [-0.3, -0.25) is 5.10 Å². The molecule has 0 aliphatic heterocycles. The van der Waals surface area contributed by atoms with E-state index in [-0.39, 0.29) is 5.97 Å². The molecule has 2 rings (SSSR count). The molecule has 21 heavy (non-hydrogen) atoms. The summed E-state index contributed by atoms with van der Waals surface area (Å²) in [4.78, 5) is 12.0. The number of nitrogens with zero attached hydrogens (tertiary/aromatic N) is 3. The molecule has 0 aliphatic rings. The van der Waals surface area contributed by atoms with Crippen molar-refractivity contribution in [3.63, 3.8) is 0 Å². The van der Waals surface area contributed by atoms with Crippen LogP contribution in [-0.2, 0) is 4.74 Å². The molecule has 6 nitrogen and oxygen atoms in total. The molecule has 1 aromatic heterocycles. The molecule has 7 heteroatoms. The van der Waals surface area contributed by atoms with Crippen LogP contribution in [0.25, 0.3) is 0 Å². The first kappa shape index (κ1) is 15.1. The molecule has 1 heterocycles. The third-order valence-electron chi connectivity index (χ3n) is 2.74. The Bertz CT molecular complexity index is 718. The highest BCUT2D eigenvalue weighted by Crippen LogP contribution is 2.09. The summed E-state index contributed by atoms with van der Waals surface area (Å²) in [6.45, 7) is 4.13. The number of aromatic amines is 1. The van der Waals surface area contributed by atoms with Gasteiger partial charge in [0.15, 0.2) is 0 Å². The molecule has 2 aromatic rings. The highest BCUT2D eigenvalue weighted by Gasteiger charge is 2.10. The van der Waals surface area contributed by atoms with Crippen molar-refractivity contribution in [3.05, 3.63) is 46.0 Å². The van der Waals surface area contributed by atoms with E-state index in [1.165, 1.54) is 4.68 Å². The fourth-order valence-corrected chi connectivity index (χ4v) is 1.92. The number of aryl methyl sites for hydroxylation is 1. The van der Waals surface area contributed by atoms with Gasteiger partial charge in [0, 0.05) is 5.56 Å². The molecule has 0 unspecified atom stereocenters. The van der Waals surface area contributed by atoms with Gasteiger partial charge in [0.05, 0.1) is 18.4 Å². The van der Waals surface area contributed by atoms with Crippen molar-refractivity contribution in [1.29, 1.82) is 0 Å². The normalized spacial score (nSPS) is 11.0. The van der Waals surface area contributed by atoms with Crippen molar-refractivity contribution in [2.75, 3.05) is 6.61 Å². The topological polar surface area (TPSA) is 72.3 Å². The van der Waals surface area contributed by atoms with Crippen LogP contribution >= 0.6 is 12.2 Å². The van der Waals surface area contributed by atoms with Crippen LogP contribution in [0.2, 0.25) is 0 Å². The van der Waals surface area contributed by atoms with Crippen molar-refractivity contribution in [3.8, 4) is 0 Å². The fraction of sp³-hybridized carbons (Fsp3) is 0.286. The molecule has 1 aromatic carbocycles. The SMILES string of the molecule is CCCOC(=O)c1ccccc1/C=N\n1c(C)n[nH]c1=S. The van der Waals surface area contributed by atoms with Gasteiger partial charge in [-0.25, -0.2) is 4.79 Å². The predicted octanol–water partition coefficient (Wildman–Crippen LogP) is 2.70.